The minimum atomic E-state index is -0.651. The summed E-state index contributed by atoms with van der Waals surface area (Å²) in [6.07, 6.45) is 8.80. The zero-order valence-corrected chi connectivity index (χ0v) is 22.6. The van der Waals surface area contributed by atoms with Gasteiger partial charge in [-0.1, -0.05) is 39.3 Å². The Morgan fingerprint density at radius 2 is 2.03 bits per heavy atom. The van der Waals surface area contributed by atoms with Gasteiger partial charge in [-0.2, -0.15) is 0 Å². The summed E-state index contributed by atoms with van der Waals surface area (Å²) in [7, 11) is 0. The second kappa shape index (κ2) is 8.38. The van der Waals surface area contributed by atoms with Crippen LogP contribution in [0.1, 0.15) is 79.6 Å². The van der Waals surface area contributed by atoms with Crippen molar-refractivity contribution in [3.05, 3.63) is 11.6 Å². The SMILES string of the molecule is CC(=O)O[C@H]1CC[C@@]2(C)[C@@H](CC[C@H]3C4=CC5O[C@]6(C[C@H](C)[C@@H](C)CO)OC[C@@]4(C(=O)C[C@@H]32)[C@H]5[C@@H]6C)C1. The van der Waals surface area contributed by atoms with Crippen LogP contribution in [0, 0.1) is 52.3 Å². The van der Waals surface area contributed by atoms with E-state index < -0.39 is 11.2 Å². The van der Waals surface area contributed by atoms with Gasteiger partial charge in [-0.25, -0.2) is 0 Å². The van der Waals surface area contributed by atoms with Crippen molar-refractivity contribution in [3.8, 4) is 0 Å². The normalized spacial score (nSPS) is 50.4. The molecule has 0 radical (unpaired) electrons. The van der Waals surface area contributed by atoms with Gasteiger partial charge < -0.3 is 19.3 Å². The maximum Gasteiger partial charge on any atom is 0.302 e. The summed E-state index contributed by atoms with van der Waals surface area (Å²) in [6.45, 7) is 11.0. The van der Waals surface area contributed by atoms with Crippen LogP contribution in [0.4, 0.5) is 0 Å². The fourth-order valence-corrected chi connectivity index (χ4v) is 9.75. The van der Waals surface area contributed by atoms with Crippen LogP contribution in [0.5, 0.6) is 0 Å². The number of Topliss-reactive ketones (excluding diaryl/α,β-unsaturated/α-hetero) is 1. The first-order valence-electron chi connectivity index (χ1n) is 14.4. The minimum Gasteiger partial charge on any atom is -0.463 e. The van der Waals surface area contributed by atoms with Crippen LogP contribution in [-0.2, 0) is 23.8 Å². The van der Waals surface area contributed by atoms with Crippen molar-refractivity contribution in [2.45, 2.75) is 97.6 Å². The minimum absolute atomic E-state index is 0.0258. The molecule has 5 fully saturated rings. The van der Waals surface area contributed by atoms with Crippen LogP contribution in [-0.4, -0.2) is 48.1 Å². The maximum atomic E-state index is 14.2. The maximum absolute atomic E-state index is 14.2. The van der Waals surface area contributed by atoms with Crippen LogP contribution in [0.3, 0.4) is 0 Å². The lowest BCUT2D eigenvalue weighted by atomic mass is 9.44. The lowest BCUT2D eigenvalue weighted by Crippen LogP contribution is -2.61. The van der Waals surface area contributed by atoms with Gasteiger partial charge in [0.05, 0.1) is 18.1 Å². The molecule has 0 aromatic heterocycles. The van der Waals surface area contributed by atoms with Crippen molar-refractivity contribution in [2.24, 2.45) is 52.3 Å². The van der Waals surface area contributed by atoms with E-state index in [1.807, 2.05) is 0 Å². The quantitative estimate of drug-likeness (QED) is 0.436. The number of fused-ring (bicyclic) bond motifs is 5. The molecule has 1 spiro atoms. The van der Waals surface area contributed by atoms with Crippen molar-refractivity contribution < 1.29 is 28.9 Å². The Labute approximate surface area is 215 Å². The Morgan fingerprint density at radius 3 is 2.75 bits per heavy atom. The molecule has 0 aromatic carbocycles. The molecule has 12 atom stereocenters. The van der Waals surface area contributed by atoms with E-state index in [2.05, 4.69) is 33.8 Å². The molecule has 4 aliphatic carbocycles. The molecule has 200 valence electrons. The summed E-state index contributed by atoms with van der Waals surface area (Å²) in [4.78, 5) is 25.8. The molecule has 6 aliphatic rings. The molecule has 6 nitrogen and oxygen atoms in total. The summed E-state index contributed by atoms with van der Waals surface area (Å²) in [5.41, 5.74) is 0.920. The molecule has 1 unspecified atom stereocenters. The first kappa shape index (κ1) is 25.1. The van der Waals surface area contributed by atoms with Gasteiger partial charge in [-0.3, -0.25) is 9.59 Å². The number of aliphatic hydroxyl groups excluding tert-OH is 1. The van der Waals surface area contributed by atoms with Crippen LogP contribution in [0.25, 0.3) is 0 Å². The smallest absolute Gasteiger partial charge is 0.302 e. The standard InChI is InChI=1S/C30H44O6/c1-16(17(2)14-31)13-30-18(3)27-25(36-30)11-24-22-7-6-20-10-21(35-19(4)32)8-9-28(20,5)23(22)12-26(33)29(24,27)15-34-30/h11,16-18,20-23,25,27,31H,6-10,12-15H2,1-5H3/t16-,17-,18-,20-,21-,22+,23-,25?,27-,28-,29+,30-/m0/s1. The Kier molecular flexibility index (Phi) is 5.83. The molecule has 3 saturated carbocycles. The molecule has 2 saturated heterocycles. The number of esters is 1. The zero-order chi connectivity index (χ0) is 25.6. The number of ketones is 1. The van der Waals surface area contributed by atoms with Gasteiger partial charge in [0.15, 0.2) is 5.79 Å². The van der Waals surface area contributed by atoms with E-state index in [4.69, 9.17) is 14.2 Å². The number of carbonyl (C=O) groups excluding carboxylic acids is 2. The predicted octanol–water partition coefficient (Wildman–Crippen LogP) is 4.68. The van der Waals surface area contributed by atoms with Gasteiger partial charge in [0, 0.05) is 38.2 Å². The largest absolute Gasteiger partial charge is 0.463 e. The second-order valence-corrected chi connectivity index (χ2v) is 13.6. The van der Waals surface area contributed by atoms with Crippen LogP contribution >= 0.6 is 0 Å². The Morgan fingerprint density at radius 1 is 1.25 bits per heavy atom. The van der Waals surface area contributed by atoms with Crippen molar-refractivity contribution >= 4 is 11.8 Å². The highest BCUT2D eigenvalue weighted by atomic mass is 16.7. The third-order valence-electron chi connectivity index (χ3n) is 12.0. The number of ether oxygens (including phenoxy) is 3. The van der Waals surface area contributed by atoms with E-state index in [0.29, 0.717) is 36.6 Å². The van der Waals surface area contributed by atoms with E-state index in [-0.39, 0.29) is 53.9 Å². The van der Waals surface area contributed by atoms with Crippen molar-refractivity contribution in [1.82, 2.24) is 0 Å². The molecular weight excluding hydrogens is 456 g/mol. The summed E-state index contributed by atoms with van der Waals surface area (Å²) in [5.74, 6) is 1.57. The van der Waals surface area contributed by atoms with E-state index in [1.54, 1.807) is 0 Å². The monoisotopic (exact) mass is 500 g/mol. The summed E-state index contributed by atoms with van der Waals surface area (Å²) in [5, 5.41) is 9.67. The average Bonchev–Trinajstić information content (AvgIpc) is 3.24. The lowest BCUT2D eigenvalue weighted by molar-refractivity contribution is -0.270. The Balaban J connectivity index is 1.28. The first-order valence-corrected chi connectivity index (χ1v) is 14.4. The van der Waals surface area contributed by atoms with E-state index in [1.165, 1.54) is 12.5 Å². The molecule has 36 heavy (non-hydrogen) atoms. The van der Waals surface area contributed by atoms with Gasteiger partial charge in [-0.15, -0.1) is 0 Å². The second-order valence-electron chi connectivity index (χ2n) is 13.6. The molecule has 6 heteroatoms. The third kappa shape index (κ3) is 3.25. The van der Waals surface area contributed by atoms with E-state index in [0.717, 1.165) is 38.5 Å². The predicted molar refractivity (Wildman–Crippen MR) is 134 cm³/mol. The number of hydrogen-bond acceptors (Lipinski definition) is 6. The van der Waals surface area contributed by atoms with Crippen molar-refractivity contribution in [3.63, 3.8) is 0 Å². The highest BCUT2D eigenvalue weighted by Crippen LogP contribution is 2.70. The van der Waals surface area contributed by atoms with E-state index in [9.17, 15) is 14.7 Å². The molecule has 0 amide bonds. The molecule has 2 heterocycles. The van der Waals surface area contributed by atoms with Gasteiger partial charge in [0.2, 0.25) is 0 Å². The number of aliphatic hydroxyl groups is 1. The third-order valence-corrected chi connectivity index (χ3v) is 12.0. The zero-order valence-electron chi connectivity index (χ0n) is 22.6. The molecule has 1 N–H and O–H groups in total. The Bertz CT molecular complexity index is 974. The van der Waals surface area contributed by atoms with Crippen LogP contribution in [0.15, 0.2) is 11.6 Å². The van der Waals surface area contributed by atoms with Crippen LogP contribution < -0.4 is 0 Å². The van der Waals surface area contributed by atoms with Gasteiger partial charge in [0.25, 0.3) is 0 Å². The lowest BCUT2D eigenvalue weighted by Gasteiger charge is -2.60. The highest BCUT2D eigenvalue weighted by molar-refractivity contribution is 5.91. The van der Waals surface area contributed by atoms with Crippen molar-refractivity contribution in [1.29, 1.82) is 0 Å². The molecule has 0 aromatic rings. The fourth-order valence-electron chi connectivity index (χ4n) is 9.75. The van der Waals surface area contributed by atoms with Crippen molar-refractivity contribution in [2.75, 3.05) is 13.2 Å². The summed E-state index contributed by atoms with van der Waals surface area (Å²) in [6, 6.07) is 0. The van der Waals surface area contributed by atoms with Gasteiger partial charge in [-0.05, 0) is 67.1 Å². The van der Waals surface area contributed by atoms with E-state index >= 15 is 0 Å². The first-order chi connectivity index (χ1) is 17.1. The Hall–Kier alpha value is -1.24. The molecule has 2 bridgehead atoms. The number of rotatable bonds is 5. The van der Waals surface area contributed by atoms with Crippen LogP contribution in [0.2, 0.25) is 0 Å². The van der Waals surface area contributed by atoms with Gasteiger partial charge >= 0.3 is 5.97 Å². The van der Waals surface area contributed by atoms with Gasteiger partial charge in [0.1, 0.15) is 11.9 Å². The summed E-state index contributed by atoms with van der Waals surface area (Å²) >= 11 is 0. The number of hydrogen-bond donors (Lipinski definition) is 1. The fraction of sp³-hybridized carbons (Fsp3) is 0.867. The topological polar surface area (TPSA) is 82.1 Å². The highest BCUT2D eigenvalue weighted by Gasteiger charge is 2.73. The molecule has 6 rings (SSSR count). The average molecular weight is 501 g/mol. The molecular formula is C30H44O6. The number of carbonyl (C=O) groups is 2. The molecule has 2 aliphatic heterocycles. The summed E-state index contributed by atoms with van der Waals surface area (Å²) < 4.78 is 19.0.